The smallest absolute Gasteiger partial charge is 0.195 e. The van der Waals surface area contributed by atoms with E-state index in [2.05, 4.69) is 27.8 Å². The quantitative estimate of drug-likeness (QED) is 0.176. The topological polar surface area (TPSA) is 38.3 Å². The van der Waals surface area contributed by atoms with Gasteiger partial charge in [-0.15, -0.1) is 6.58 Å². The highest BCUT2D eigenvalue weighted by Crippen LogP contribution is 2.37. The molecule has 1 unspecified atom stereocenters. The van der Waals surface area contributed by atoms with Crippen LogP contribution in [0.3, 0.4) is 0 Å². The summed E-state index contributed by atoms with van der Waals surface area (Å²) >= 11 is 3.47. The van der Waals surface area contributed by atoms with Gasteiger partial charge in [-0.3, -0.25) is 4.79 Å². The summed E-state index contributed by atoms with van der Waals surface area (Å²) in [6, 6.07) is 8.76. The SMILES string of the molecule is C=CCCNCCCCCCOC1(Br)C=CC(C(=O)c2ccccc2)=C(F)C1. The standard InChI is InChI=1S/C23H29BrFNO2/c1-2-3-15-26-16-9-4-5-10-17-28-23(24)14-13-20(21(25)18-23)22(27)19-11-7-6-8-12-19/h2,6-8,11-14,26H,1,3-5,9-10,15-18H2. The van der Waals surface area contributed by atoms with Gasteiger partial charge in [0, 0.05) is 18.6 Å². The van der Waals surface area contributed by atoms with Gasteiger partial charge >= 0.3 is 0 Å². The first-order valence-electron chi connectivity index (χ1n) is 9.88. The number of rotatable bonds is 13. The molecular weight excluding hydrogens is 421 g/mol. The number of benzene rings is 1. The Morgan fingerprint density at radius 2 is 1.96 bits per heavy atom. The minimum Gasteiger partial charge on any atom is -0.360 e. The van der Waals surface area contributed by atoms with Gasteiger partial charge in [0.25, 0.3) is 0 Å². The summed E-state index contributed by atoms with van der Waals surface area (Å²) in [5.41, 5.74) is 0.591. The number of alkyl halides is 1. The first-order valence-corrected chi connectivity index (χ1v) is 10.7. The Kier molecular flexibility index (Phi) is 9.82. The van der Waals surface area contributed by atoms with Crippen LogP contribution in [0.15, 0.2) is 66.5 Å². The lowest BCUT2D eigenvalue weighted by Gasteiger charge is -2.27. The predicted octanol–water partition coefficient (Wildman–Crippen LogP) is 5.89. The maximum atomic E-state index is 14.6. The molecule has 2 rings (SSSR count). The van der Waals surface area contributed by atoms with Crippen LogP contribution in [0.5, 0.6) is 0 Å². The number of Topliss-reactive ketones (excluding diaryl/α,β-unsaturated/α-hetero) is 1. The zero-order chi connectivity index (χ0) is 20.2. The summed E-state index contributed by atoms with van der Waals surface area (Å²) in [5.74, 6) is -0.746. The molecular formula is C23H29BrFNO2. The Labute approximate surface area is 175 Å². The van der Waals surface area contributed by atoms with Crippen LogP contribution >= 0.6 is 15.9 Å². The van der Waals surface area contributed by atoms with Crippen LogP contribution in [0.1, 0.15) is 48.9 Å². The highest BCUT2D eigenvalue weighted by atomic mass is 79.9. The van der Waals surface area contributed by atoms with E-state index in [0.29, 0.717) is 12.2 Å². The molecule has 28 heavy (non-hydrogen) atoms. The molecule has 0 amide bonds. The molecule has 0 bridgehead atoms. The molecule has 0 spiro atoms. The van der Waals surface area contributed by atoms with Gasteiger partial charge < -0.3 is 10.1 Å². The van der Waals surface area contributed by atoms with Crippen LogP contribution in [-0.2, 0) is 4.74 Å². The number of nitrogens with one attached hydrogen (secondary N) is 1. The van der Waals surface area contributed by atoms with Crippen LogP contribution < -0.4 is 5.32 Å². The molecule has 0 heterocycles. The Bertz CT molecular complexity index is 702. The van der Waals surface area contributed by atoms with Crippen molar-refractivity contribution in [2.75, 3.05) is 19.7 Å². The number of carbonyl (C=O) groups is 1. The van der Waals surface area contributed by atoms with Crippen molar-refractivity contribution >= 4 is 21.7 Å². The van der Waals surface area contributed by atoms with Gasteiger partial charge in [0.1, 0.15) is 10.3 Å². The summed E-state index contributed by atoms with van der Waals surface area (Å²) in [6.45, 7) is 6.26. The second-order valence-electron chi connectivity index (χ2n) is 6.90. The normalized spacial score (nSPS) is 19.1. The fraction of sp³-hybridized carbons (Fsp3) is 0.435. The second-order valence-corrected chi connectivity index (χ2v) is 8.24. The van der Waals surface area contributed by atoms with E-state index < -0.39 is 10.3 Å². The van der Waals surface area contributed by atoms with E-state index in [4.69, 9.17) is 4.74 Å². The van der Waals surface area contributed by atoms with E-state index in [1.54, 1.807) is 30.3 Å². The number of carbonyl (C=O) groups excluding carboxylic acids is 1. The van der Waals surface area contributed by atoms with Crippen molar-refractivity contribution in [1.29, 1.82) is 0 Å². The lowest BCUT2D eigenvalue weighted by molar-refractivity contribution is 0.0571. The van der Waals surface area contributed by atoms with Gasteiger partial charge in [-0.05, 0) is 60.4 Å². The molecule has 0 aromatic heterocycles. The average molecular weight is 450 g/mol. The minimum atomic E-state index is -0.871. The Hall–Kier alpha value is -1.56. The zero-order valence-corrected chi connectivity index (χ0v) is 17.8. The van der Waals surface area contributed by atoms with Gasteiger partial charge in [0.2, 0.25) is 0 Å². The Morgan fingerprint density at radius 1 is 1.21 bits per heavy atom. The van der Waals surface area contributed by atoms with Crippen molar-refractivity contribution in [2.24, 2.45) is 0 Å². The lowest BCUT2D eigenvalue weighted by Crippen LogP contribution is -2.26. The van der Waals surface area contributed by atoms with Crippen molar-refractivity contribution < 1.29 is 13.9 Å². The number of allylic oxidation sites excluding steroid dienone is 2. The molecule has 152 valence electrons. The first-order chi connectivity index (χ1) is 13.6. The number of unbranched alkanes of at least 4 members (excludes halogenated alkanes) is 3. The van der Waals surface area contributed by atoms with Crippen molar-refractivity contribution in [3.8, 4) is 0 Å². The van der Waals surface area contributed by atoms with Crippen LogP contribution in [0.4, 0.5) is 4.39 Å². The monoisotopic (exact) mass is 449 g/mol. The molecule has 0 radical (unpaired) electrons. The molecule has 1 aromatic rings. The zero-order valence-electron chi connectivity index (χ0n) is 16.3. The van der Waals surface area contributed by atoms with Gasteiger partial charge in [-0.25, -0.2) is 4.39 Å². The summed E-state index contributed by atoms with van der Waals surface area (Å²) in [5, 5.41) is 3.37. The number of hydrogen-bond acceptors (Lipinski definition) is 3. The van der Waals surface area contributed by atoms with E-state index in [1.807, 2.05) is 12.1 Å². The van der Waals surface area contributed by atoms with Crippen molar-refractivity contribution in [1.82, 2.24) is 5.32 Å². The number of halogens is 2. The molecule has 1 aliphatic rings. The minimum absolute atomic E-state index is 0.0185. The summed E-state index contributed by atoms with van der Waals surface area (Å²) in [7, 11) is 0. The maximum absolute atomic E-state index is 14.6. The Morgan fingerprint density at radius 3 is 2.68 bits per heavy atom. The molecule has 0 fully saturated rings. The third kappa shape index (κ3) is 7.46. The van der Waals surface area contributed by atoms with E-state index in [0.717, 1.165) is 45.2 Å². The molecule has 1 atom stereocenters. The predicted molar refractivity (Wildman–Crippen MR) is 116 cm³/mol. The third-order valence-corrected chi connectivity index (χ3v) is 5.36. The van der Waals surface area contributed by atoms with E-state index in [9.17, 15) is 9.18 Å². The van der Waals surface area contributed by atoms with Gasteiger partial charge in [0.15, 0.2) is 5.78 Å². The van der Waals surface area contributed by atoms with Crippen LogP contribution in [0.2, 0.25) is 0 Å². The molecule has 0 aliphatic heterocycles. The van der Waals surface area contributed by atoms with Crippen LogP contribution in [0, 0.1) is 0 Å². The average Bonchev–Trinajstić information content (AvgIpc) is 2.70. The molecule has 3 nitrogen and oxygen atoms in total. The van der Waals surface area contributed by atoms with Gasteiger partial charge in [-0.2, -0.15) is 0 Å². The largest absolute Gasteiger partial charge is 0.360 e. The highest BCUT2D eigenvalue weighted by molar-refractivity contribution is 9.10. The Balaban J connectivity index is 1.69. The molecule has 0 saturated heterocycles. The third-order valence-electron chi connectivity index (χ3n) is 4.58. The summed E-state index contributed by atoms with van der Waals surface area (Å²) in [4.78, 5) is 12.4. The van der Waals surface area contributed by atoms with E-state index in [1.165, 1.54) is 6.08 Å². The molecule has 1 aliphatic carbocycles. The van der Waals surface area contributed by atoms with Crippen LogP contribution in [-0.4, -0.2) is 30.0 Å². The number of ketones is 1. The van der Waals surface area contributed by atoms with Gasteiger partial charge in [-0.1, -0.05) is 49.2 Å². The molecule has 0 saturated carbocycles. The van der Waals surface area contributed by atoms with E-state index >= 15 is 0 Å². The lowest BCUT2D eigenvalue weighted by atomic mass is 9.96. The maximum Gasteiger partial charge on any atom is 0.195 e. The highest BCUT2D eigenvalue weighted by Gasteiger charge is 2.32. The first kappa shape index (κ1) is 22.7. The van der Waals surface area contributed by atoms with Gasteiger partial charge in [0.05, 0.1) is 5.57 Å². The molecule has 1 N–H and O–H groups in total. The van der Waals surface area contributed by atoms with Crippen LogP contribution in [0.25, 0.3) is 0 Å². The van der Waals surface area contributed by atoms with E-state index in [-0.39, 0.29) is 17.8 Å². The fourth-order valence-electron chi connectivity index (χ4n) is 2.98. The molecule has 1 aromatic carbocycles. The van der Waals surface area contributed by atoms with Crippen molar-refractivity contribution in [2.45, 2.75) is 43.0 Å². The summed E-state index contributed by atoms with van der Waals surface area (Å²) in [6.07, 6.45) is 10.5. The second kappa shape index (κ2) is 12.1. The molecule has 5 heteroatoms. The number of hydrogen-bond donors (Lipinski definition) is 1. The summed E-state index contributed by atoms with van der Waals surface area (Å²) < 4.78 is 19.5. The fourth-order valence-corrected chi connectivity index (χ4v) is 3.52. The van der Waals surface area contributed by atoms with Crippen molar-refractivity contribution in [3.05, 3.63) is 72.1 Å². The van der Waals surface area contributed by atoms with Crippen molar-refractivity contribution in [3.63, 3.8) is 0 Å². The number of ether oxygens (including phenoxy) is 1.